The van der Waals surface area contributed by atoms with E-state index in [0.29, 0.717) is 18.1 Å². The van der Waals surface area contributed by atoms with Crippen LogP contribution in [0.4, 0.5) is 5.95 Å². The van der Waals surface area contributed by atoms with Crippen LogP contribution in [-0.2, 0) is 16.6 Å². The molecule has 33 heavy (non-hydrogen) atoms. The number of sulfonamides is 1. The lowest BCUT2D eigenvalue weighted by Gasteiger charge is -2.32. The number of hydrogen-bond donors (Lipinski definition) is 2. The van der Waals surface area contributed by atoms with Crippen LogP contribution >= 0.6 is 0 Å². The largest absolute Gasteiger partial charge is 0.473 e. The van der Waals surface area contributed by atoms with Crippen molar-refractivity contribution in [3.05, 3.63) is 65.2 Å². The number of nitrogens with zero attached hydrogens (tertiary/aromatic N) is 2. The molecule has 7 nitrogen and oxygen atoms in total. The monoisotopic (exact) mass is 464 g/mol. The summed E-state index contributed by atoms with van der Waals surface area (Å²) in [5.41, 5.74) is 4.60. The summed E-state index contributed by atoms with van der Waals surface area (Å²) in [5.74, 6) is 0.389. The van der Waals surface area contributed by atoms with Gasteiger partial charge in [-0.25, -0.2) is 18.1 Å². The Kier molecular flexibility index (Phi) is 5.80. The van der Waals surface area contributed by atoms with Crippen LogP contribution in [0.1, 0.15) is 42.4 Å². The Hall–Kier alpha value is -2.97. The molecule has 2 aromatic carbocycles. The van der Waals surface area contributed by atoms with E-state index >= 15 is 0 Å². The van der Waals surface area contributed by atoms with Gasteiger partial charge in [0.15, 0.2) is 0 Å². The molecule has 0 unspecified atom stereocenters. The Labute approximate surface area is 194 Å². The molecule has 8 heteroatoms. The summed E-state index contributed by atoms with van der Waals surface area (Å²) >= 11 is 0. The van der Waals surface area contributed by atoms with Crippen molar-refractivity contribution in [2.24, 2.45) is 0 Å². The van der Waals surface area contributed by atoms with Gasteiger partial charge >= 0.3 is 0 Å². The number of ether oxygens (including phenoxy) is 1. The average Bonchev–Trinajstić information content (AvgIpc) is 2.78. The van der Waals surface area contributed by atoms with Crippen molar-refractivity contribution in [2.45, 2.75) is 63.1 Å². The molecule has 3 aromatic rings. The predicted molar refractivity (Wildman–Crippen MR) is 128 cm³/mol. The molecule has 5 rings (SSSR count). The first-order valence-electron chi connectivity index (χ1n) is 11.4. The third kappa shape index (κ3) is 4.58. The summed E-state index contributed by atoms with van der Waals surface area (Å²) < 4.78 is 35.3. The molecule has 172 valence electrons. The number of rotatable bonds is 1. The zero-order valence-corrected chi connectivity index (χ0v) is 19.7. The standard InChI is InChI=1S/C25H28N4O3S/c1-16-7-5-8-17(2)24(16)21-14-23-28-25(27-21)29-33(30,31)19-10-6-9-18(13-19)15-26-20-11-3-4-12-22(20)32-23/h5-10,13-14,20,22,26H,3-4,11-12,15H2,1-2H3,(H,27,28,29)/t20-,22-/m1/s1. The van der Waals surface area contributed by atoms with E-state index in [-0.39, 0.29) is 23.0 Å². The maximum atomic E-state index is 13.2. The van der Waals surface area contributed by atoms with Gasteiger partial charge < -0.3 is 10.1 Å². The lowest BCUT2D eigenvalue weighted by atomic mass is 9.92. The summed E-state index contributed by atoms with van der Waals surface area (Å²) in [6.07, 6.45) is 4.10. The first-order chi connectivity index (χ1) is 15.9. The van der Waals surface area contributed by atoms with Gasteiger partial charge in [-0.05, 0) is 61.9 Å². The zero-order valence-electron chi connectivity index (χ0n) is 18.8. The minimum Gasteiger partial charge on any atom is -0.473 e. The molecule has 0 radical (unpaired) electrons. The zero-order chi connectivity index (χ0) is 23.0. The van der Waals surface area contributed by atoms with Gasteiger partial charge in [-0.1, -0.05) is 36.8 Å². The third-order valence-electron chi connectivity index (χ3n) is 6.42. The van der Waals surface area contributed by atoms with Crippen LogP contribution in [0.5, 0.6) is 5.88 Å². The molecule has 2 N–H and O–H groups in total. The maximum absolute atomic E-state index is 13.2. The van der Waals surface area contributed by atoms with E-state index in [1.165, 1.54) is 0 Å². The van der Waals surface area contributed by atoms with Crippen molar-refractivity contribution in [2.75, 3.05) is 4.72 Å². The van der Waals surface area contributed by atoms with Gasteiger partial charge in [-0.15, -0.1) is 0 Å². The van der Waals surface area contributed by atoms with E-state index in [1.807, 2.05) is 44.2 Å². The summed E-state index contributed by atoms with van der Waals surface area (Å²) in [6, 6.07) is 15.0. The minimum absolute atomic E-state index is 0.00937. The fraction of sp³-hybridized carbons (Fsp3) is 0.360. The highest BCUT2D eigenvalue weighted by Crippen LogP contribution is 2.31. The van der Waals surface area contributed by atoms with Crippen molar-refractivity contribution in [1.82, 2.24) is 15.3 Å². The molecule has 0 spiro atoms. The molecule has 1 saturated carbocycles. The highest BCUT2D eigenvalue weighted by Gasteiger charge is 2.28. The molecular formula is C25H28N4O3S. The highest BCUT2D eigenvalue weighted by atomic mass is 32.2. The lowest BCUT2D eigenvalue weighted by Crippen LogP contribution is -2.45. The first-order valence-corrected chi connectivity index (χ1v) is 12.8. The highest BCUT2D eigenvalue weighted by molar-refractivity contribution is 7.92. The summed E-state index contributed by atoms with van der Waals surface area (Å²) in [4.78, 5) is 9.23. The fourth-order valence-corrected chi connectivity index (χ4v) is 5.77. The van der Waals surface area contributed by atoms with Gasteiger partial charge in [0.2, 0.25) is 11.8 Å². The number of aryl methyl sites for hydroxylation is 2. The van der Waals surface area contributed by atoms with Gasteiger partial charge in [-0.2, -0.15) is 4.98 Å². The quantitative estimate of drug-likeness (QED) is 0.556. The normalized spacial score (nSPS) is 21.9. The number of anilines is 1. The van der Waals surface area contributed by atoms with Crippen molar-refractivity contribution in [3.63, 3.8) is 0 Å². The van der Waals surface area contributed by atoms with Gasteiger partial charge in [-0.3, -0.25) is 0 Å². The van der Waals surface area contributed by atoms with Gasteiger partial charge in [0, 0.05) is 24.2 Å². The molecule has 1 fully saturated rings. The van der Waals surface area contributed by atoms with Gasteiger partial charge in [0.1, 0.15) is 6.10 Å². The summed E-state index contributed by atoms with van der Waals surface area (Å²) in [6.45, 7) is 4.61. The molecule has 2 aliphatic rings. The van der Waals surface area contributed by atoms with Crippen LogP contribution in [0.3, 0.4) is 0 Å². The van der Waals surface area contributed by atoms with E-state index in [4.69, 9.17) is 4.74 Å². The Morgan fingerprint density at radius 1 is 0.970 bits per heavy atom. The Bertz CT molecular complexity index is 1270. The van der Waals surface area contributed by atoms with E-state index in [2.05, 4.69) is 20.0 Å². The van der Waals surface area contributed by atoms with Crippen molar-refractivity contribution < 1.29 is 13.2 Å². The first kappa shape index (κ1) is 21.9. The molecule has 0 saturated heterocycles. The second-order valence-corrected chi connectivity index (χ2v) is 10.5. The number of hydrogen-bond acceptors (Lipinski definition) is 6. The molecule has 1 aromatic heterocycles. The van der Waals surface area contributed by atoms with Crippen LogP contribution in [0.15, 0.2) is 53.4 Å². The fourth-order valence-electron chi connectivity index (χ4n) is 4.75. The van der Waals surface area contributed by atoms with Crippen LogP contribution in [-0.4, -0.2) is 30.5 Å². The van der Waals surface area contributed by atoms with Crippen molar-refractivity contribution in [3.8, 4) is 17.1 Å². The Morgan fingerprint density at radius 2 is 1.73 bits per heavy atom. The van der Waals surface area contributed by atoms with Crippen LogP contribution in [0.25, 0.3) is 11.3 Å². The molecule has 4 bridgehead atoms. The number of benzene rings is 2. The van der Waals surface area contributed by atoms with E-state index in [0.717, 1.165) is 47.9 Å². The van der Waals surface area contributed by atoms with Gasteiger partial charge in [0.05, 0.1) is 10.6 Å². The van der Waals surface area contributed by atoms with E-state index in [9.17, 15) is 8.42 Å². The molecule has 2 atom stereocenters. The van der Waals surface area contributed by atoms with E-state index < -0.39 is 10.0 Å². The number of nitrogens with one attached hydrogen (secondary N) is 2. The van der Waals surface area contributed by atoms with Crippen molar-refractivity contribution >= 4 is 16.0 Å². The topological polar surface area (TPSA) is 93.2 Å². The van der Waals surface area contributed by atoms with Crippen molar-refractivity contribution in [1.29, 1.82) is 0 Å². The summed E-state index contributed by atoms with van der Waals surface area (Å²) in [7, 11) is -3.86. The third-order valence-corrected chi connectivity index (χ3v) is 7.74. The predicted octanol–water partition coefficient (Wildman–Crippen LogP) is 4.35. The Balaban J connectivity index is 1.66. The molecule has 1 aliphatic heterocycles. The molecular weight excluding hydrogens is 436 g/mol. The van der Waals surface area contributed by atoms with Gasteiger partial charge in [0.25, 0.3) is 10.0 Å². The molecule has 1 aliphatic carbocycles. The number of aromatic nitrogens is 2. The molecule has 2 heterocycles. The number of fused-ring (bicyclic) bond motifs is 5. The van der Waals surface area contributed by atoms with E-state index in [1.54, 1.807) is 18.2 Å². The summed E-state index contributed by atoms with van der Waals surface area (Å²) in [5, 5.41) is 3.58. The van der Waals surface area contributed by atoms with Crippen LogP contribution in [0, 0.1) is 13.8 Å². The Morgan fingerprint density at radius 3 is 2.55 bits per heavy atom. The second-order valence-electron chi connectivity index (χ2n) is 8.86. The van der Waals surface area contributed by atoms with Crippen LogP contribution < -0.4 is 14.8 Å². The second kappa shape index (κ2) is 8.76. The maximum Gasteiger partial charge on any atom is 0.264 e. The molecule has 0 amide bonds. The SMILES string of the molecule is Cc1cccc(C)c1-c1cc2nc(n1)NS(=O)(=O)c1cccc(c1)CN[C@@H]1CCCC[C@H]1O2. The lowest BCUT2D eigenvalue weighted by molar-refractivity contribution is 0.108. The smallest absolute Gasteiger partial charge is 0.264 e. The van der Waals surface area contributed by atoms with Crippen LogP contribution in [0.2, 0.25) is 0 Å². The minimum atomic E-state index is -3.86. The average molecular weight is 465 g/mol.